The van der Waals surface area contributed by atoms with Gasteiger partial charge in [-0.3, -0.25) is 9.59 Å². The van der Waals surface area contributed by atoms with Crippen LogP contribution in [0.3, 0.4) is 0 Å². The van der Waals surface area contributed by atoms with Gasteiger partial charge in [0.2, 0.25) is 11.8 Å². The second-order valence-corrected chi connectivity index (χ2v) is 6.84. The first kappa shape index (κ1) is 20.2. The fourth-order valence-corrected chi connectivity index (χ4v) is 3.65. The molecule has 2 aromatic carbocycles. The minimum absolute atomic E-state index is 0. The third kappa shape index (κ3) is 3.72. The molecule has 4 rings (SSSR count). The number of hydrogen-bond acceptors (Lipinski definition) is 3. The van der Waals surface area contributed by atoms with Crippen molar-refractivity contribution in [2.24, 2.45) is 5.92 Å². The molecule has 28 heavy (non-hydrogen) atoms. The highest BCUT2D eigenvalue weighted by atomic mass is 35.5. The lowest BCUT2D eigenvalue weighted by Crippen LogP contribution is -2.29. The molecule has 0 radical (unpaired) electrons. The lowest BCUT2D eigenvalue weighted by atomic mass is 9.99. The Hall–Kier alpha value is -2.51. The highest BCUT2D eigenvalue weighted by Gasteiger charge is 2.36. The summed E-state index contributed by atoms with van der Waals surface area (Å²) >= 11 is 0. The van der Waals surface area contributed by atoms with Crippen molar-refractivity contribution in [1.82, 2.24) is 5.32 Å². The second kappa shape index (κ2) is 8.24. The Morgan fingerprint density at radius 2 is 1.96 bits per heavy atom. The molecule has 2 aliphatic heterocycles. The molecule has 2 aliphatic rings. The van der Waals surface area contributed by atoms with Gasteiger partial charge in [0, 0.05) is 19.5 Å². The van der Waals surface area contributed by atoms with E-state index in [4.69, 9.17) is 0 Å². The Morgan fingerprint density at radius 3 is 2.75 bits per heavy atom. The van der Waals surface area contributed by atoms with Crippen LogP contribution in [0.25, 0.3) is 0 Å². The van der Waals surface area contributed by atoms with Crippen LogP contribution in [-0.4, -0.2) is 24.9 Å². The number of hydrogen-bond donors (Lipinski definition) is 2. The van der Waals surface area contributed by atoms with E-state index in [2.05, 4.69) is 10.6 Å². The van der Waals surface area contributed by atoms with E-state index >= 15 is 0 Å². The van der Waals surface area contributed by atoms with Crippen LogP contribution in [0, 0.1) is 17.6 Å². The number of halogens is 3. The Morgan fingerprint density at radius 1 is 1.18 bits per heavy atom. The van der Waals surface area contributed by atoms with E-state index in [1.54, 1.807) is 18.2 Å². The van der Waals surface area contributed by atoms with Crippen LogP contribution in [-0.2, 0) is 22.6 Å². The standard InChI is InChI=1S/C20H19F2N3O2.ClH/c21-15-3-1-2-4-17(15)25-11-13(9-18(25)26)20(27)24-16-6-5-12-10-23-8-7-14(12)19(16)22;/h1-6,13,23H,7-11H2,(H,24,27);1H. The van der Waals surface area contributed by atoms with Crippen molar-refractivity contribution in [3.05, 3.63) is 59.2 Å². The van der Waals surface area contributed by atoms with Crippen LogP contribution < -0.4 is 15.5 Å². The third-order valence-corrected chi connectivity index (χ3v) is 5.10. The van der Waals surface area contributed by atoms with Crippen LogP contribution >= 0.6 is 12.4 Å². The van der Waals surface area contributed by atoms with Gasteiger partial charge in [0.15, 0.2) is 0 Å². The number of carbonyl (C=O) groups excluding carboxylic acids is 2. The van der Waals surface area contributed by atoms with Crippen molar-refractivity contribution in [3.63, 3.8) is 0 Å². The summed E-state index contributed by atoms with van der Waals surface area (Å²) in [7, 11) is 0. The first-order valence-electron chi connectivity index (χ1n) is 8.91. The van der Waals surface area contributed by atoms with Gasteiger partial charge in [-0.1, -0.05) is 18.2 Å². The number of rotatable bonds is 3. The topological polar surface area (TPSA) is 61.4 Å². The predicted molar refractivity (Wildman–Crippen MR) is 105 cm³/mol. The first-order valence-corrected chi connectivity index (χ1v) is 8.91. The summed E-state index contributed by atoms with van der Waals surface area (Å²) in [5.74, 6) is -2.35. The maximum atomic E-state index is 14.7. The molecule has 1 atom stereocenters. The van der Waals surface area contributed by atoms with Crippen molar-refractivity contribution >= 4 is 35.6 Å². The Balaban J connectivity index is 0.00000225. The average Bonchev–Trinajstić information content (AvgIpc) is 3.06. The van der Waals surface area contributed by atoms with Crippen LogP contribution in [0.2, 0.25) is 0 Å². The minimum Gasteiger partial charge on any atom is -0.323 e. The van der Waals surface area contributed by atoms with Gasteiger partial charge in [0.05, 0.1) is 17.3 Å². The molecular formula is C20H20ClF2N3O2. The zero-order valence-electron chi connectivity index (χ0n) is 15.0. The van der Waals surface area contributed by atoms with Gasteiger partial charge in [-0.2, -0.15) is 0 Å². The summed E-state index contributed by atoms with van der Waals surface area (Å²) in [5.41, 5.74) is 1.78. The molecule has 2 heterocycles. The summed E-state index contributed by atoms with van der Waals surface area (Å²) in [6.07, 6.45) is 0.532. The predicted octanol–water partition coefficient (Wildman–Crippen LogP) is 3.02. The zero-order chi connectivity index (χ0) is 19.0. The van der Waals surface area contributed by atoms with Crippen molar-refractivity contribution < 1.29 is 18.4 Å². The number of nitrogens with one attached hydrogen (secondary N) is 2. The lowest BCUT2D eigenvalue weighted by molar-refractivity contribution is -0.122. The van der Waals surface area contributed by atoms with E-state index in [0.717, 1.165) is 5.56 Å². The molecule has 0 saturated carbocycles. The minimum atomic E-state index is -0.658. The molecule has 1 saturated heterocycles. The molecule has 0 spiro atoms. The van der Waals surface area contributed by atoms with Crippen LogP contribution in [0.5, 0.6) is 0 Å². The highest BCUT2D eigenvalue weighted by molar-refractivity contribution is 6.03. The first-order chi connectivity index (χ1) is 13.0. The van der Waals surface area contributed by atoms with Gasteiger partial charge in [-0.25, -0.2) is 8.78 Å². The van der Waals surface area contributed by atoms with Gasteiger partial charge in [0.25, 0.3) is 0 Å². The summed E-state index contributed by atoms with van der Waals surface area (Å²) in [4.78, 5) is 26.1. The maximum absolute atomic E-state index is 14.7. The molecule has 2 aromatic rings. The molecule has 148 valence electrons. The molecule has 1 unspecified atom stereocenters. The van der Waals surface area contributed by atoms with E-state index in [1.807, 2.05) is 0 Å². The molecule has 2 amide bonds. The van der Waals surface area contributed by atoms with Crippen molar-refractivity contribution in [3.8, 4) is 0 Å². The smallest absolute Gasteiger partial charge is 0.229 e. The molecule has 5 nitrogen and oxygen atoms in total. The van der Waals surface area contributed by atoms with Crippen molar-refractivity contribution in [2.45, 2.75) is 19.4 Å². The molecular weight excluding hydrogens is 388 g/mol. The number of anilines is 2. The summed E-state index contributed by atoms with van der Waals surface area (Å²) in [6, 6.07) is 9.29. The van der Waals surface area contributed by atoms with E-state index in [-0.39, 0.29) is 42.7 Å². The molecule has 0 aromatic heterocycles. The Bertz CT molecular complexity index is 922. The number of para-hydroxylation sites is 1. The van der Waals surface area contributed by atoms with Gasteiger partial charge in [0.1, 0.15) is 11.6 Å². The van der Waals surface area contributed by atoms with Crippen molar-refractivity contribution in [2.75, 3.05) is 23.3 Å². The summed E-state index contributed by atoms with van der Waals surface area (Å²) in [6.45, 7) is 1.37. The molecule has 0 aliphatic carbocycles. The monoisotopic (exact) mass is 407 g/mol. The Labute approximate surface area is 167 Å². The fourth-order valence-electron chi connectivity index (χ4n) is 3.65. The SMILES string of the molecule is Cl.O=C(Nc1ccc2c(c1F)CCNC2)C1CC(=O)N(c2ccccc2F)C1. The highest BCUT2D eigenvalue weighted by Crippen LogP contribution is 2.29. The molecule has 2 N–H and O–H groups in total. The number of benzene rings is 2. The summed E-state index contributed by atoms with van der Waals surface area (Å²) < 4.78 is 28.7. The molecule has 1 fully saturated rings. The van der Waals surface area contributed by atoms with E-state index < -0.39 is 23.5 Å². The van der Waals surface area contributed by atoms with Crippen LogP contribution in [0.4, 0.5) is 20.2 Å². The number of fused-ring (bicyclic) bond motifs is 1. The molecule has 8 heteroatoms. The van der Waals surface area contributed by atoms with E-state index in [1.165, 1.54) is 23.1 Å². The van der Waals surface area contributed by atoms with E-state index in [9.17, 15) is 18.4 Å². The normalized spacial score (nSPS) is 18.4. The summed E-state index contributed by atoms with van der Waals surface area (Å²) in [5, 5.41) is 5.78. The largest absolute Gasteiger partial charge is 0.323 e. The third-order valence-electron chi connectivity index (χ3n) is 5.10. The number of amides is 2. The molecule has 0 bridgehead atoms. The fraction of sp³-hybridized carbons (Fsp3) is 0.300. The Kier molecular flexibility index (Phi) is 5.96. The number of nitrogens with zero attached hydrogens (tertiary/aromatic N) is 1. The van der Waals surface area contributed by atoms with Gasteiger partial charge in [-0.05, 0) is 42.3 Å². The zero-order valence-corrected chi connectivity index (χ0v) is 15.8. The maximum Gasteiger partial charge on any atom is 0.229 e. The van der Waals surface area contributed by atoms with Crippen LogP contribution in [0.15, 0.2) is 36.4 Å². The average molecular weight is 408 g/mol. The van der Waals surface area contributed by atoms with Crippen LogP contribution in [0.1, 0.15) is 17.5 Å². The second-order valence-electron chi connectivity index (χ2n) is 6.84. The quantitative estimate of drug-likeness (QED) is 0.822. The lowest BCUT2D eigenvalue weighted by Gasteiger charge is -2.20. The van der Waals surface area contributed by atoms with Gasteiger partial charge in [-0.15, -0.1) is 12.4 Å². The number of carbonyl (C=O) groups is 2. The van der Waals surface area contributed by atoms with Gasteiger partial charge >= 0.3 is 0 Å². The van der Waals surface area contributed by atoms with Crippen molar-refractivity contribution in [1.29, 1.82) is 0 Å². The van der Waals surface area contributed by atoms with Gasteiger partial charge < -0.3 is 15.5 Å². The van der Waals surface area contributed by atoms with E-state index in [0.29, 0.717) is 25.1 Å².